The van der Waals surface area contributed by atoms with Crippen molar-refractivity contribution in [1.29, 1.82) is 0 Å². The van der Waals surface area contributed by atoms with Crippen LogP contribution in [0.1, 0.15) is 76.8 Å². The first-order chi connectivity index (χ1) is 11.0. The first kappa shape index (κ1) is 16.7. The molecule has 1 saturated carbocycles. The van der Waals surface area contributed by atoms with Crippen LogP contribution in [0.4, 0.5) is 0 Å². The SMILES string of the molecule is CCCCCc1cc(O)c2c(c1)O[C@@H]1C(C)CC[C@H](C(C)C)C21. The number of hydrogen-bond acceptors (Lipinski definition) is 2. The van der Waals surface area contributed by atoms with E-state index in [0.717, 1.165) is 17.7 Å². The van der Waals surface area contributed by atoms with Gasteiger partial charge in [0, 0.05) is 11.5 Å². The molecule has 1 aliphatic carbocycles. The van der Waals surface area contributed by atoms with Gasteiger partial charge in [0.1, 0.15) is 17.6 Å². The van der Waals surface area contributed by atoms with Gasteiger partial charge >= 0.3 is 0 Å². The monoisotopic (exact) mass is 316 g/mol. The topological polar surface area (TPSA) is 29.5 Å². The fourth-order valence-electron chi connectivity index (χ4n) is 4.68. The molecule has 4 atom stereocenters. The van der Waals surface area contributed by atoms with Gasteiger partial charge in [0.05, 0.1) is 0 Å². The van der Waals surface area contributed by atoms with Crippen molar-refractivity contribution in [3.8, 4) is 11.5 Å². The van der Waals surface area contributed by atoms with E-state index >= 15 is 0 Å². The largest absolute Gasteiger partial charge is 0.508 e. The summed E-state index contributed by atoms with van der Waals surface area (Å²) in [6, 6.07) is 4.20. The van der Waals surface area contributed by atoms with Crippen LogP contribution in [0, 0.1) is 17.8 Å². The molecule has 3 rings (SSSR count). The van der Waals surface area contributed by atoms with Crippen molar-refractivity contribution in [1.82, 2.24) is 0 Å². The Hall–Kier alpha value is -1.18. The molecule has 0 saturated heterocycles. The number of ether oxygens (including phenoxy) is 1. The van der Waals surface area contributed by atoms with Crippen LogP contribution in [0.3, 0.4) is 0 Å². The average Bonchev–Trinajstić information content (AvgIpc) is 2.88. The molecule has 23 heavy (non-hydrogen) atoms. The molecule has 2 nitrogen and oxygen atoms in total. The number of phenols is 1. The van der Waals surface area contributed by atoms with Crippen LogP contribution in [0.2, 0.25) is 0 Å². The summed E-state index contributed by atoms with van der Waals surface area (Å²) in [6.45, 7) is 9.15. The standard InChI is InChI=1S/C21H32O2/c1-5-6-7-8-15-11-17(22)20-18(12-15)23-21-14(4)9-10-16(13(2)3)19(20)21/h11-14,16,19,21-22H,5-10H2,1-4H3/t14?,16-,19?,21-/m1/s1. The van der Waals surface area contributed by atoms with Gasteiger partial charge in [0.2, 0.25) is 0 Å². The number of benzene rings is 1. The predicted molar refractivity (Wildman–Crippen MR) is 95.2 cm³/mol. The second kappa shape index (κ2) is 6.75. The molecular formula is C21H32O2. The molecule has 1 fully saturated rings. The first-order valence-corrected chi connectivity index (χ1v) is 9.55. The third kappa shape index (κ3) is 3.09. The molecule has 1 N–H and O–H groups in total. The van der Waals surface area contributed by atoms with E-state index in [4.69, 9.17) is 4.74 Å². The van der Waals surface area contributed by atoms with Gasteiger partial charge in [-0.25, -0.2) is 0 Å². The van der Waals surface area contributed by atoms with Crippen molar-refractivity contribution in [3.05, 3.63) is 23.3 Å². The number of aromatic hydroxyl groups is 1. The van der Waals surface area contributed by atoms with Crippen LogP contribution in [0.15, 0.2) is 12.1 Å². The lowest BCUT2D eigenvalue weighted by atomic mass is 9.66. The van der Waals surface area contributed by atoms with E-state index in [9.17, 15) is 5.11 Å². The number of aryl methyl sites for hydroxylation is 1. The normalized spacial score (nSPS) is 29.3. The van der Waals surface area contributed by atoms with Crippen LogP contribution in [-0.2, 0) is 6.42 Å². The van der Waals surface area contributed by atoms with Gasteiger partial charge in [-0.15, -0.1) is 0 Å². The molecule has 128 valence electrons. The zero-order chi connectivity index (χ0) is 16.6. The van der Waals surface area contributed by atoms with E-state index in [0.29, 0.717) is 29.4 Å². The number of phenolic OH excluding ortho intramolecular Hbond substituents is 1. The van der Waals surface area contributed by atoms with Crippen LogP contribution >= 0.6 is 0 Å². The molecule has 0 radical (unpaired) electrons. The fourth-order valence-corrected chi connectivity index (χ4v) is 4.68. The second-order valence-corrected chi connectivity index (χ2v) is 8.05. The smallest absolute Gasteiger partial charge is 0.127 e. The number of rotatable bonds is 5. The van der Waals surface area contributed by atoms with Crippen molar-refractivity contribution in [3.63, 3.8) is 0 Å². The van der Waals surface area contributed by atoms with Crippen molar-refractivity contribution in [2.75, 3.05) is 0 Å². The minimum Gasteiger partial charge on any atom is -0.508 e. The highest BCUT2D eigenvalue weighted by molar-refractivity contribution is 5.53. The molecule has 1 aliphatic heterocycles. The van der Waals surface area contributed by atoms with Crippen LogP contribution < -0.4 is 4.74 Å². The van der Waals surface area contributed by atoms with Crippen molar-refractivity contribution in [2.24, 2.45) is 17.8 Å². The van der Waals surface area contributed by atoms with Gasteiger partial charge in [-0.3, -0.25) is 0 Å². The van der Waals surface area contributed by atoms with Gasteiger partial charge in [-0.05, 0) is 61.1 Å². The summed E-state index contributed by atoms with van der Waals surface area (Å²) in [5, 5.41) is 10.7. The Balaban J connectivity index is 1.90. The molecule has 0 bridgehead atoms. The molecule has 2 unspecified atom stereocenters. The van der Waals surface area contributed by atoms with Gasteiger partial charge in [0.15, 0.2) is 0 Å². The van der Waals surface area contributed by atoms with Crippen molar-refractivity contribution >= 4 is 0 Å². The number of unbranched alkanes of at least 4 members (excludes halogenated alkanes) is 2. The van der Waals surface area contributed by atoms with Gasteiger partial charge in [-0.1, -0.05) is 40.5 Å². The summed E-state index contributed by atoms with van der Waals surface area (Å²) >= 11 is 0. The van der Waals surface area contributed by atoms with Crippen molar-refractivity contribution in [2.45, 2.75) is 78.2 Å². The van der Waals surface area contributed by atoms with E-state index < -0.39 is 0 Å². The predicted octanol–water partition coefficient (Wildman–Crippen LogP) is 5.67. The highest BCUT2D eigenvalue weighted by Gasteiger charge is 2.47. The summed E-state index contributed by atoms with van der Waals surface area (Å²) in [7, 11) is 0. The first-order valence-electron chi connectivity index (χ1n) is 9.55. The van der Waals surface area contributed by atoms with Gasteiger partial charge < -0.3 is 9.84 Å². The zero-order valence-electron chi connectivity index (χ0n) is 15.1. The maximum Gasteiger partial charge on any atom is 0.127 e. The van der Waals surface area contributed by atoms with Gasteiger partial charge in [-0.2, -0.15) is 0 Å². The summed E-state index contributed by atoms with van der Waals surface area (Å²) in [4.78, 5) is 0. The van der Waals surface area contributed by atoms with Crippen LogP contribution in [0.25, 0.3) is 0 Å². The number of hydrogen-bond donors (Lipinski definition) is 1. The molecule has 1 aromatic rings. The Kier molecular flexibility index (Phi) is 4.89. The maximum absolute atomic E-state index is 10.7. The van der Waals surface area contributed by atoms with Crippen molar-refractivity contribution < 1.29 is 9.84 Å². The minimum absolute atomic E-state index is 0.253. The van der Waals surface area contributed by atoms with E-state index in [1.165, 1.54) is 37.7 Å². The third-order valence-electron chi connectivity index (χ3n) is 6.03. The third-order valence-corrected chi connectivity index (χ3v) is 6.03. The van der Waals surface area contributed by atoms with E-state index in [1.54, 1.807) is 0 Å². The second-order valence-electron chi connectivity index (χ2n) is 8.05. The summed E-state index contributed by atoms with van der Waals surface area (Å²) in [6.07, 6.45) is 7.44. The Labute approximate surface area is 141 Å². The molecule has 2 aliphatic rings. The number of fused-ring (bicyclic) bond motifs is 3. The van der Waals surface area contributed by atoms with E-state index in [2.05, 4.69) is 33.8 Å². The highest BCUT2D eigenvalue weighted by Crippen LogP contribution is 2.55. The molecule has 1 aromatic carbocycles. The zero-order valence-corrected chi connectivity index (χ0v) is 15.1. The molecule has 0 spiro atoms. The maximum atomic E-state index is 10.7. The lowest BCUT2D eigenvalue weighted by Crippen LogP contribution is -2.38. The molecule has 1 heterocycles. The van der Waals surface area contributed by atoms with Crippen LogP contribution in [-0.4, -0.2) is 11.2 Å². The fraction of sp³-hybridized carbons (Fsp3) is 0.714. The quantitative estimate of drug-likeness (QED) is 0.709. The summed E-state index contributed by atoms with van der Waals surface area (Å²) in [5.74, 6) is 3.64. The highest BCUT2D eigenvalue weighted by atomic mass is 16.5. The van der Waals surface area contributed by atoms with Crippen LogP contribution in [0.5, 0.6) is 11.5 Å². The average molecular weight is 316 g/mol. The molecular weight excluding hydrogens is 284 g/mol. The van der Waals surface area contributed by atoms with E-state index in [-0.39, 0.29) is 6.10 Å². The molecule has 0 aromatic heterocycles. The Morgan fingerprint density at radius 1 is 1.22 bits per heavy atom. The Morgan fingerprint density at radius 2 is 2.00 bits per heavy atom. The summed E-state index contributed by atoms with van der Waals surface area (Å²) < 4.78 is 6.37. The molecule has 0 amide bonds. The Morgan fingerprint density at radius 3 is 2.70 bits per heavy atom. The Bertz CT molecular complexity index is 549. The van der Waals surface area contributed by atoms with Gasteiger partial charge in [0.25, 0.3) is 0 Å². The summed E-state index contributed by atoms with van der Waals surface area (Å²) in [5.41, 5.74) is 2.32. The lowest BCUT2D eigenvalue weighted by molar-refractivity contribution is 0.0602. The minimum atomic E-state index is 0.253. The van der Waals surface area contributed by atoms with E-state index in [1.807, 2.05) is 6.07 Å². The lowest BCUT2D eigenvalue weighted by Gasteiger charge is -2.39. The molecule has 2 heteroatoms.